The molecule has 1 aromatic rings. The van der Waals surface area contributed by atoms with Gasteiger partial charge in [0.2, 0.25) is 0 Å². The van der Waals surface area contributed by atoms with E-state index in [4.69, 9.17) is 5.73 Å². The summed E-state index contributed by atoms with van der Waals surface area (Å²) in [6.45, 7) is 0. The second kappa shape index (κ2) is 4.38. The minimum absolute atomic E-state index is 0.339. The molecule has 0 amide bonds. The Morgan fingerprint density at radius 1 is 1.62 bits per heavy atom. The lowest BCUT2D eigenvalue weighted by Crippen LogP contribution is -2.27. The van der Waals surface area contributed by atoms with Crippen LogP contribution in [0.4, 0.5) is 11.5 Å². The molecule has 0 aromatic carbocycles. The topological polar surface area (TPSA) is 77.2 Å². The van der Waals surface area contributed by atoms with Crippen molar-refractivity contribution in [1.82, 2.24) is 4.98 Å². The molecule has 0 atom stereocenters. The van der Waals surface area contributed by atoms with Crippen molar-refractivity contribution in [2.24, 2.45) is 0 Å². The summed E-state index contributed by atoms with van der Waals surface area (Å²) < 4.78 is 4.64. The molecule has 3 N–H and O–H groups in total. The summed E-state index contributed by atoms with van der Waals surface area (Å²) in [5.41, 5.74) is 6.35. The summed E-state index contributed by atoms with van der Waals surface area (Å²) in [5, 5.41) is 3.25. The number of methoxy groups -OCH3 is 1. The van der Waals surface area contributed by atoms with Crippen molar-refractivity contribution in [3.8, 4) is 0 Å². The zero-order valence-corrected chi connectivity index (χ0v) is 9.19. The fraction of sp³-hybridized carbons (Fsp3) is 0.455. The summed E-state index contributed by atoms with van der Waals surface area (Å²) in [4.78, 5) is 15.5. The molecular weight excluding hydrogens is 206 g/mol. The number of ether oxygens (including phenoxy) is 1. The number of carbonyl (C=O) groups is 1. The number of aromatic nitrogens is 1. The number of nitrogen functional groups attached to an aromatic ring is 1. The van der Waals surface area contributed by atoms with E-state index in [0.29, 0.717) is 23.1 Å². The van der Waals surface area contributed by atoms with Gasteiger partial charge in [0.15, 0.2) is 0 Å². The molecule has 5 heteroatoms. The Bertz CT molecular complexity index is 402. The highest BCUT2D eigenvalue weighted by molar-refractivity contribution is 5.95. The standard InChI is InChI=1S/C11H15N3O2/c1-16-11(15)8-5-10(13-6-9(8)12)14-7-3-2-4-7/h5-7H,2-4,12H2,1H3,(H,13,14). The summed E-state index contributed by atoms with van der Waals surface area (Å²) in [6, 6.07) is 2.11. The molecular formula is C11H15N3O2. The summed E-state index contributed by atoms with van der Waals surface area (Å²) in [5.74, 6) is 0.246. The third-order valence-electron chi connectivity index (χ3n) is 2.80. The van der Waals surface area contributed by atoms with Crippen LogP contribution in [0.3, 0.4) is 0 Å². The van der Waals surface area contributed by atoms with Crippen molar-refractivity contribution in [1.29, 1.82) is 0 Å². The third kappa shape index (κ3) is 2.08. The second-order valence-electron chi connectivity index (χ2n) is 3.92. The lowest BCUT2D eigenvalue weighted by Gasteiger charge is -2.27. The molecule has 1 aliphatic carbocycles. The van der Waals surface area contributed by atoms with Gasteiger partial charge >= 0.3 is 5.97 Å². The maximum absolute atomic E-state index is 11.4. The highest BCUT2D eigenvalue weighted by Gasteiger charge is 2.18. The molecule has 1 heterocycles. The minimum atomic E-state index is -0.434. The Kier molecular flexibility index (Phi) is 2.94. The number of nitrogens with two attached hydrogens (primary N) is 1. The van der Waals surface area contributed by atoms with Crippen LogP contribution in [-0.2, 0) is 4.74 Å². The predicted molar refractivity (Wildman–Crippen MR) is 61.3 cm³/mol. The van der Waals surface area contributed by atoms with Crippen LogP contribution in [0.25, 0.3) is 0 Å². The molecule has 0 unspecified atom stereocenters. The molecule has 0 radical (unpaired) electrons. The van der Waals surface area contributed by atoms with E-state index in [2.05, 4.69) is 15.0 Å². The molecule has 1 aromatic heterocycles. The maximum atomic E-state index is 11.4. The van der Waals surface area contributed by atoms with Gasteiger partial charge in [0, 0.05) is 6.04 Å². The van der Waals surface area contributed by atoms with E-state index in [1.165, 1.54) is 19.7 Å². The summed E-state index contributed by atoms with van der Waals surface area (Å²) in [7, 11) is 1.33. The molecule has 0 aliphatic heterocycles. The van der Waals surface area contributed by atoms with Gasteiger partial charge in [0.25, 0.3) is 0 Å². The highest BCUT2D eigenvalue weighted by Crippen LogP contribution is 2.23. The molecule has 2 rings (SSSR count). The average Bonchev–Trinajstić information content (AvgIpc) is 2.24. The van der Waals surface area contributed by atoms with E-state index < -0.39 is 5.97 Å². The molecule has 86 valence electrons. The van der Waals surface area contributed by atoms with Crippen molar-refractivity contribution in [3.63, 3.8) is 0 Å². The number of nitrogens with one attached hydrogen (secondary N) is 1. The largest absolute Gasteiger partial charge is 0.465 e. The van der Waals surface area contributed by atoms with Crippen LogP contribution < -0.4 is 11.1 Å². The van der Waals surface area contributed by atoms with Gasteiger partial charge in [-0.3, -0.25) is 0 Å². The van der Waals surface area contributed by atoms with Gasteiger partial charge in [-0.25, -0.2) is 9.78 Å². The first-order chi connectivity index (χ1) is 7.70. The minimum Gasteiger partial charge on any atom is -0.465 e. The number of anilines is 2. The van der Waals surface area contributed by atoms with Crippen LogP contribution >= 0.6 is 0 Å². The smallest absolute Gasteiger partial charge is 0.340 e. The fourth-order valence-corrected chi connectivity index (χ4v) is 1.59. The van der Waals surface area contributed by atoms with Gasteiger partial charge in [-0.15, -0.1) is 0 Å². The molecule has 0 saturated heterocycles. The molecule has 16 heavy (non-hydrogen) atoms. The zero-order chi connectivity index (χ0) is 11.5. The van der Waals surface area contributed by atoms with E-state index in [1.54, 1.807) is 6.07 Å². The number of hydrogen-bond donors (Lipinski definition) is 2. The van der Waals surface area contributed by atoms with Crippen LogP contribution in [0.2, 0.25) is 0 Å². The average molecular weight is 221 g/mol. The number of carbonyl (C=O) groups excluding carboxylic acids is 1. The van der Waals surface area contributed by atoms with Crippen LogP contribution in [0.5, 0.6) is 0 Å². The van der Waals surface area contributed by atoms with Crippen LogP contribution in [-0.4, -0.2) is 24.1 Å². The predicted octanol–water partition coefficient (Wildman–Crippen LogP) is 1.41. The first-order valence-corrected chi connectivity index (χ1v) is 5.31. The van der Waals surface area contributed by atoms with Crippen molar-refractivity contribution in [3.05, 3.63) is 17.8 Å². The second-order valence-corrected chi connectivity index (χ2v) is 3.92. The maximum Gasteiger partial charge on any atom is 0.340 e. The Balaban J connectivity index is 2.17. The van der Waals surface area contributed by atoms with E-state index in [-0.39, 0.29) is 0 Å². The molecule has 0 spiro atoms. The molecule has 1 fully saturated rings. The van der Waals surface area contributed by atoms with Gasteiger partial charge in [-0.1, -0.05) is 0 Å². The van der Waals surface area contributed by atoms with Crippen molar-refractivity contribution in [2.75, 3.05) is 18.2 Å². The lowest BCUT2D eigenvalue weighted by atomic mass is 9.93. The van der Waals surface area contributed by atoms with Gasteiger partial charge in [0.05, 0.1) is 24.6 Å². The normalized spacial score (nSPS) is 15.3. The van der Waals surface area contributed by atoms with Crippen LogP contribution in [0.15, 0.2) is 12.3 Å². The molecule has 0 bridgehead atoms. The monoisotopic (exact) mass is 221 g/mol. The number of nitrogens with zero attached hydrogens (tertiary/aromatic N) is 1. The van der Waals surface area contributed by atoms with Crippen molar-refractivity contribution >= 4 is 17.5 Å². The Hall–Kier alpha value is -1.78. The first-order valence-electron chi connectivity index (χ1n) is 5.31. The van der Waals surface area contributed by atoms with Gasteiger partial charge < -0.3 is 15.8 Å². The number of esters is 1. The molecule has 1 aliphatic rings. The van der Waals surface area contributed by atoms with Gasteiger partial charge in [-0.2, -0.15) is 0 Å². The van der Waals surface area contributed by atoms with Crippen molar-refractivity contribution < 1.29 is 9.53 Å². The summed E-state index contributed by atoms with van der Waals surface area (Å²) in [6.07, 6.45) is 5.03. The zero-order valence-electron chi connectivity index (χ0n) is 9.19. The van der Waals surface area contributed by atoms with E-state index in [1.807, 2.05) is 0 Å². The van der Waals surface area contributed by atoms with Crippen LogP contribution in [0, 0.1) is 0 Å². The van der Waals surface area contributed by atoms with E-state index in [9.17, 15) is 4.79 Å². The first kappa shape index (κ1) is 10.7. The van der Waals surface area contributed by atoms with Crippen molar-refractivity contribution in [2.45, 2.75) is 25.3 Å². The number of rotatable bonds is 3. The quantitative estimate of drug-likeness (QED) is 0.755. The number of pyridine rings is 1. The van der Waals surface area contributed by atoms with E-state index >= 15 is 0 Å². The number of hydrogen-bond acceptors (Lipinski definition) is 5. The Labute approximate surface area is 94.0 Å². The highest BCUT2D eigenvalue weighted by atomic mass is 16.5. The molecule has 1 saturated carbocycles. The van der Waals surface area contributed by atoms with E-state index in [0.717, 1.165) is 12.8 Å². The lowest BCUT2D eigenvalue weighted by molar-refractivity contribution is 0.0602. The summed E-state index contributed by atoms with van der Waals surface area (Å²) >= 11 is 0. The van der Waals surface area contributed by atoms with Gasteiger partial charge in [0.1, 0.15) is 5.82 Å². The Morgan fingerprint density at radius 2 is 2.38 bits per heavy atom. The van der Waals surface area contributed by atoms with Gasteiger partial charge in [-0.05, 0) is 25.3 Å². The SMILES string of the molecule is COC(=O)c1cc(NC2CCC2)ncc1N. The van der Waals surface area contributed by atoms with Crippen LogP contribution in [0.1, 0.15) is 29.6 Å². The molecule has 5 nitrogen and oxygen atoms in total. The Morgan fingerprint density at radius 3 is 2.94 bits per heavy atom. The fourth-order valence-electron chi connectivity index (χ4n) is 1.59. The third-order valence-corrected chi connectivity index (χ3v) is 2.80.